The molecule has 2 atom stereocenters. The van der Waals surface area contributed by atoms with Crippen LogP contribution in [0.4, 0.5) is 0 Å². The summed E-state index contributed by atoms with van der Waals surface area (Å²) in [6.45, 7) is 7.33. The topological polar surface area (TPSA) is 35.5 Å². The van der Waals surface area contributed by atoms with Crippen molar-refractivity contribution in [1.29, 1.82) is 0 Å². The van der Waals surface area contributed by atoms with Crippen molar-refractivity contribution in [2.24, 2.45) is 0 Å². The molecule has 1 aromatic carbocycles. The molecular formula is C17H28N2O. The molecule has 0 bridgehead atoms. The highest BCUT2D eigenvalue weighted by Crippen LogP contribution is 2.21. The molecule has 0 saturated carbocycles. The van der Waals surface area contributed by atoms with Crippen LogP contribution in [0.5, 0.6) is 0 Å². The molecular weight excluding hydrogens is 248 g/mol. The lowest BCUT2D eigenvalue weighted by Gasteiger charge is -2.31. The van der Waals surface area contributed by atoms with E-state index >= 15 is 0 Å². The van der Waals surface area contributed by atoms with E-state index in [0.717, 1.165) is 38.9 Å². The molecule has 1 aromatic rings. The van der Waals surface area contributed by atoms with E-state index in [2.05, 4.69) is 42.3 Å². The minimum absolute atomic E-state index is 0.127. The van der Waals surface area contributed by atoms with E-state index in [4.69, 9.17) is 0 Å². The third-order valence-electron chi connectivity index (χ3n) is 4.21. The fraction of sp³-hybridized carbons (Fsp3) is 0.647. The molecule has 2 N–H and O–H groups in total. The van der Waals surface area contributed by atoms with Gasteiger partial charge >= 0.3 is 0 Å². The van der Waals surface area contributed by atoms with E-state index in [1.165, 1.54) is 16.7 Å². The molecule has 112 valence electrons. The third-order valence-corrected chi connectivity index (χ3v) is 4.21. The molecule has 0 radical (unpaired) electrons. The lowest BCUT2D eigenvalue weighted by molar-refractivity contribution is 0.0687. The van der Waals surface area contributed by atoms with E-state index in [9.17, 15) is 5.11 Å². The third kappa shape index (κ3) is 4.30. The number of piperidine rings is 1. The van der Waals surface area contributed by atoms with Crippen molar-refractivity contribution >= 4 is 0 Å². The molecule has 0 spiro atoms. The van der Waals surface area contributed by atoms with Crippen LogP contribution < -0.4 is 5.32 Å². The quantitative estimate of drug-likeness (QED) is 0.867. The maximum absolute atomic E-state index is 9.73. The normalized spacial score (nSPS) is 21.9. The van der Waals surface area contributed by atoms with Gasteiger partial charge in [0.05, 0.1) is 6.10 Å². The fourth-order valence-corrected chi connectivity index (χ4v) is 3.23. The molecule has 20 heavy (non-hydrogen) atoms. The Morgan fingerprint density at radius 3 is 2.60 bits per heavy atom. The second kappa shape index (κ2) is 7.21. The predicted octanol–water partition coefficient (Wildman–Crippen LogP) is 2.41. The summed E-state index contributed by atoms with van der Waals surface area (Å²) in [6, 6.07) is 7.17. The van der Waals surface area contributed by atoms with Crippen molar-refractivity contribution in [3.63, 3.8) is 0 Å². The first-order valence-corrected chi connectivity index (χ1v) is 7.74. The summed E-state index contributed by atoms with van der Waals surface area (Å²) in [5, 5.41) is 13.2. The molecule has 2 rings (SSSR count). The van der Waals surface area contributed by atoms with Gasteiger partial charge < -0.3 is 15.3 Å². The number of aliphatic hydroxyl groups excluding tert-OH is 1. The Kier molecular flexibility index (Phi) is 5.58. The van der Waals surface area contributed by atoms with Crippen LogP contribution in [0.1, 0.15) is 42.0 Å². The molecule has 2 unspecified atom stereocenters. The standard InChI is InChI=1S/C17H28N2O/c1-13-9-14(2)11-15(10-13)17(18-3)6-8-19-7-4-5-16(20)12-19/h9-11,16-18,20H,4-8,12H2,1-3H3. The highest BCUT2D eigenvalue weighted by Gasteiger charge is 2.19. The summed E-state index contributed by atoms with van der Waals surface area (Å²) in [7, 11) is 2.04. The van der Waals surface area contributed by atoms with E-state index in [-0.39, 0.29) is 6.10 Å². The van der Waals surface area contributed by atoms with Gasteiger partial charge in [-0.15, -0.1) is 0 Å². The summed E-state index contributed by atoms with van der Waals surface area (Å²) in [4.78, 5) is 2.39. The SMILES string of the molecule is CNC(CCN1CCCC(O)C1)c1cc(C)cc(C)c1. The van der Waals surface area contributed by atoms with E-state index < -0.39 is 0 Å². The van der Waals surface area contributed by atoms with Crippen LogP contribution in [-0.2, 0) is 0 Å². The van der Waals surface area contributed by atoms with Crippen molar-refractivity contribution < 1.29 is 5.11 Å². The van der Waals surface area contributed by atoms with Crippen molar-refractivity contribution in [3.8, 4) is 0 Å². The van der Waals surface area contributed by atoms with Gasteiger partial charge in [-0.05, 0) is 52.3 Å². The lowest BCUT2D eigenvalue weighted by atomic mass is 9.98. The Morgan fingerprint density at radius 2 is 2.00 bits per heavy atom. The molecule has 3 heteroatoms. The van der Waals surface area contributed by atoms with E-state index in [0.29, 0.717) is 6.04 Å². The second-order valence-electron chi connectivity index (χ2n) is 6.15. The smallest absolute Gasteiger partial charge is 0.0667 e. The Labute approximate surface area is 123 Å². The van der Waals surface area contributed by atoms with Gasteiger partial charge in [0, 0.05) is 19.1 Å². The first kappa shape index (κ1) is 15.5. The zero-order chi connectivity index (χ0) is 14.5. The Hall–Kier alpha value is -0.900. The number of β-amino-alcohol motifs (C(OH)–C–C–N with tert-alkyl or cyclic N) is 1. The minimum atomic E-state index is -0.127. The number of aliphatic hydroxyl groups is 1. The minimum Gasteiger partial charge on any atom is -0.392 e. The molecule has 1 saturated heterocycles. The molecule has 1 aliphatic heterocycles. The van der Waals surface area contributed by atoms with Crippen molar-refractivity contribution in [1.82, 2.24) is 10.2 Å². The maximum Gasteiger partial charge on any atom is 0.0667 e. The summed E-state index contributed by atoms with van der Waals surface area (Å²) in [5.41, 5.74) is 4.03. The zero-order valence-corrected chi connectivity index (χ0v) is 13.0. The average Bonchev–Trinajstić information content (AvgIpc) is 2.38. The predicted molar refractivity (Wildman–Crippen MR) is 84.0 cm³/mol. The Bertz CT molecular complexity index is 413. The van der Waals surface area contributed by atoms with Crippen molar-refractivity contribution in [2.45, 2.75) is 45.3 Å². The number of nitrogens with zero attached hydrogens (tertiary/aromatic N) is 1. The van der Waals surface area contributed by atoms with Gasteiger partial charge in [0.15, 0.2) is 0 Å². The number of aryl methyl sites for hydroxylation is 2. The van der Waals surface area contributed by atoms with Gasteiger partial charge in [0.2, 0.25) is 0 Å². The summed E-state index contributed by atoms with van der Waals surface area (Å²) < 4.78 is 0. The van der Waals surface area contributed by atoms with E-state index in [1.807, 2.05) is 7.05 Å². The molecule has 1 aliphatic rings. The van der Waals surface area contributed by atoms with Crippen LogP contribution >= 0.6 is 0 Å². The Morgan fingerprint density at radius 1 is 1.30 bits per heavy atom. The number of nitrogens with one attached hydrogen (secondary N) is 1. The zero-order valence-electron chi connectivity index (χ0n) is 13.0. The first-order valence-electron chi connectivity index (χ1n) is 7.74. The average molecular weight is 276 g/mol. The number of hydrogen-bond donors (Lipinski definition) is 2. The van der Waals surface area contributed by atoms with Gasteiger partial charge in [-0.1, -0.05) is 29.3 Å². The van der Waals surface area contributed by atoms with Gasteiger partial charge in [-0.2, -0.15) is 0 Å². The maximum atomic E-state index is 9.73. The number of benzene rings is 1. The molecule has 1 fully saturated rings. The molecule has 0 aliphatic carbocycles. The van der Waals surface area contributed by atoms with Gasteiger partial charge in [0.25, 0.3) is 0 Å². The number of likely N-dealkylation sites (tertiary alicyclic amines) is 1. The number of hydrogen-bond acceptors (Lipinski definition) is 3. The summed E-state index contributed by atoms with van der Waals surface area (Å²) in [6.07, 6.45) is 3.04. The number of rotatable bonds is 5. The van der Waals surface area contributed by atoms with Crippen molar-refractivity contribution in [2.75, 3.05) is 26.7 Å². The fourth-order valence-electron chi connectivity index (χ4n) is 3.23. The first-order chi connectivity index (χ1) is 9.58. The second-order valence-corrected chi connectivity index (χ2v) is 6.15. The van der Waals surface area contributed by atoms with Crippen LogP contribution in [0, 0.1) is 13.8 Å². The summed E-state index contributed by atoms with van der Waals surface area (Å²) >= 11 is 0. The molecule has 0 aromatic heterocycles. The highest BCUT2D eigenvalue weighted by molar-refractivity contribution is 5.30. The van der Waals surface area contributed by atoms with Gasteiger partial charge in [-0.25, -0.2) is 0 Å². The molecule has 3 nitrogen and oxygen atoms in total. The summed E-state index contributed by atoms with van der Waals surface area (Å²) in [5.74, 6) is 0. The van der Waals surface area contributed by atoms with E-state index in [1.54, 1.807) is 0 Å². The van der Waals surface area contributed by atoms with Crippen molar-refractivity contribution in [3.05, 3.63) is 34.9 Å². The molecule has 1 heterocycles. The largest absolute Gasteiger partial charge is 0.392 e. The van der Waals surface area contributed by atoms with Crippen LogP contribution in [0.3, 0.4) is 0 Å². The Balaban J connectivity index is 1.94. The van der Waals surface area contributed by atoms with Crippen LogP contribution in [-0.4, -0.2) is 42.8 Å². The van der Waals surface area contributed by atoms with Gasteiger partial charge in [0.1, 0.15) is 0 Å². The molecule has 0 amide bonds. The van der Waals surface area contributed by atoms with Crippen LogP contribution in [0.25, 0.3) is 0 Å². The monoisotopic (exact) mass is 276 g/mol. The van der Waals surface area contributed by atoms with Crippen LogP contribution in [0.2, 0.25) is 0 Å². The lowest BCUT2D eigenvalue weighted by Crippen LogP contribution is -2.39. The van der Waals surface area contributed by atoms with Crippen LogP contribution in [0.15, 0.2) is 18.2 Å². The highest BCUT2D eigenvalue weighted by atomic mass is 16.3. The van der Waals surface area contributed by atoms with Gasteiger partial charge in [-0.3, -0.25) is 0 Å².